The van der Waals surface area contributed by atoms with Gasteiger partial charge in [-0.1, -0.05) is 20.6 Å². The van der Waals surface area contributed by atoms with E-state index in [0.717, 1.165) is 4.90 Å². The SMILES string of the molecule is [2H]C([2H])([2H])C(C)(C([2H])([2H])[2H])C([2H])([2H])C1([2H])C([2H])([2H])N2CCc3cc(OC)c(OC)cc3C2C([2H])([2H])C1([2H])O. The molecule has 0 aliphatic carbocycles. The molecule has 0 aromatic heterocycles. The molecular formula is C20H31NO3. The first-order valence-corrected chi connectivity index (χ1v) is 7.58. The Labute approximate surface area is 165 Å². The highest BCUT2D eigenvalue weighted by Crippen LogP contribution is 2.44. The van der Waals surface area contributed by atoms with Crippen molar-refractivity contribution in [2.45, 2.75) is 51.9 Å². The summed E-state index contributed by atoms with van der Waals surface area (Å²) in [7, 11) is 2.69. The van der Waals surface area contributed by atoms with Gasteiger partial charge in [-0.15, -0.1) is 0 Å². The molecular weight excluding hydrogens is 302 g/mol. The summed E-state index contributed by atoms with van der Waals surface area (Å²) in [6.07, 6.45) is -11.3. The van der Waals surface area contributed by atoms with Gasteiger partial charge in [0.15, 0.2) is 11.5 Å². The zero-order valence-electron chi connectivity index (χ0n) is 27.9. The van der Waals surface area contributed by atoms with Gasteiger partial charge in [0.25, 0.3) is 0 Å². The van der Waals surface area contributed by atoms with Crippen molar-refractivity contribution in [3.05, 3.63) is 23.3 Å². The summed E-state index contributed by atoms with van der Waals surface area (Å²) in [5.74, 6) is -3.57. The lowest BCUT2D eigenvalue weighted by Gasteiger charge is -2.47. The van der Waals surface area contributed by atoms with Gasteiger partial charge < -0.3 is 14.6 Å². The monoisotopic (exact) mass is 347 g/mol. The van der Waals surface area contributed by atoms with E-state index in [0.29, 0.717) is 12.5 Å². The number of rotatable bonds is 3. The molecule has 4 nitrogen and oxygen atoms in total. The molecule has 1 aromatic rings. The second kappa shape index (κ2) is 6.57. The standard InChI is InChI=1S/C20H31NO3/c1-20(2,3)11-14-12-21-7-6-13-8-18(23-4)19(24-5)9-15(13)16(21)10-17(14)22/h8-9,14,16-17,22H,6-7,10-12H2,1-5H3/i1D3,2D3,10D2,11D2,12D2,14D,17D. The smallest absolute Gasteiger partial charge is 0.161 e. The van der Waals surface area contributed by atoms with Gasteiger partial charge in [-0.05, 0) is 53.7 Å². The summed E-state index contributed by atoms with van der Waals surface area (Å²) < 4.78 is 128. The van der Waals surface area contributed by atoms with Crippen LogP contribution in [-0.4, -0.2) is 43.3 Å². The first-order valence-electron chi connectivity index (χ1n) is 14.6. The van der Waals surface area contributed by atoms with E-state index in [1.807, 2.05) is 0 Å². The maximum atomic E-state index is 11.5. The Kier molecular flexibility index (Phi) is 1.96. The van der Waals surface area contributed by atoms with E-state index in [4.69, 9.17) is 28.7 Å². The topological polar surface area (TPSA) is 41.9 Å². The van der Waals surface area contributed by atoms with E-state index < -0.39 is 56.4 Å². The molecule has 2 aliphatic heterocycles. The molecule has 0 spiro atoms. The maximum Gasteiger partial charge on any atom is 0.161 e. The van der Waals surface area contributed by atoms with Crippen LogP contribution in [0.5, 0.6) is 11.5 Å². The Morgan fingerprint density at radius 3 is 2.79 bits per heavy atom. The summed E-state index contributed by atoms with van der Waals surface area (Å²) >= 11 is 0. The largest absolute Gasteiger partial charge is 0.493 e. The summed E-state index contributed by atoms with van der Waals surface area (Å²) in [4.78, 5) is 0.758. The van der Waals surface area contributed by atoms with Crippen molar-refractivity contribution in [2.24, 2.45) is 11.3 Å². The third kappa shape index (κ3) is 3.40. The van der Waals surface area contributed by atoms with Crippen LogP contribution in [0.4, 0.5) is 0 Å². The number of benzene rings is 1. The van der Waals surface area contributed by atoms with E-state index in [-0.39, 0.29) is 30.0 Å². The Bertz CT molecular complexity index is 1090. The molecule has 2 heterocycles. The Morgan fingerprint density at radius 1 is 1.42 bits per heavy atom. The lowest BCUT2D eigenvalue weighted by atomic mass is 9.75. The fourth-order valence-corrected chi connectivity index (χ4v) is 2.96. The fourth-order valence-electron chi connectivity index (χ4n) is 2.96. The summed E-state index contributed by atoms with van der Waals surface area (Å²) in [6, 6.07) is 1.11. The van der Waals surface area contributed by atoms with Crippen molar-refractivity contribution >= 4 is 0 Å². The molecule has 0 bridgehead atoms. The normalized spacial score (nSPS) is 47.9. The van der Waals surface area contributed by atoms with Gasteiger partial charge in [0, 0.05) is 36.9 Å². The number of ether oxygens (including phenoxy) is 2. The zero-order valence-corrected chi connectivity index (χ0v) is 13.9. The van der Waals surface area contributed by atoms with Crippen LogP contribution >= 0.6 is 0 Å². The third-order valence-corrected chi connectivity index (χ3v) is 4.01. The number of fused-ring (bicyclic) bond motifs is 3. The summed E-state index contributed by atoms with van der Waals surface area (Å²) in [5, 5.41) is 11.5. The molecule has 0 amide bonds. The minimum absolute atomic E-state index is 0.0487. The van der Waals surface area contributed by atoms with Gasteiger partial charge in [-0.3, -0.25) is 4.90 Å². The second-order valence-electron chi connectivity index (χ2n) is 5.98. The minimum Gasteiger partial charge on any atom is -0.493 e. The molecule has 134 valence electrons. The summed E-state index contributed by atoms with van der Waals surface area (Å²) in [5.41, 5.74) is -2.94. The maximum absolute atomic E-state index is 11.5. The average Bonchev–Trinajstić information content (AvgIpc) is 2.78. The number of aliphatic hydroxyl groups is 1. The van der Waals surface area contributed by atoms with Crippen LogP contribution in [0.15, 0.2) is 12.1 Å². The zero-order chi connectivity index (χ0) is 29.7. The van der Waals surface area contributed by atoms with Crippen LogP contribution in [0, 0.1) is 11.3 Å². The third-order valence-electron chi connectivity index (χ3n) is 4.01. The van der Waals surface area contributed by atoms with E-state index in [1.165, 1.54) is 26.4 Å². The fraction of sp³-hybridized carbons (Fsp3) is 0.700. The van der Waals surface area contributed by atoms with Crippen molar-refractivity contribution in [1.82, 2.24) is 4.90 Å². The lowest BCUT2D eigenvalue weighted by Crippen LogP contribution is -2.48. The molecule has 24 heavy (non-hydrogen) atoms. The van der Waals surface area contributed by atoms with Gasteiger partial charge in [0.2, 0.25) is 0 Å². The van der Waals surface area contributed by atoms with E-state index in [9.17, 15) is 5.11 Å². The highest BCUT2D eigenvalue weighted by atomic mass is 16.5. The first-order chi connectivity index (χ1) is 16.8. The molecule has 0 radical (unpaired) electrons. The molecule has 1 aromatic carbocycles. The van der Waals surface area contributed by atoms with Gasteiger partial charge >= 0.3 is 0 Å². The van der Waals surface area contributed by atoms with Gasteiger partial charge in [0.1, 0.15) is 0 Å². The Hall–Kier alpha value is -1.26. The number of nitrogens with zero attached hydrogens (tertiary/aromatic N) is 1. The second-order valence-corrected chi connectivity index (χ2v) is 5.98. The van der Waals surface area contributed by atoms with Crippen molar-refractivity contribution in [2.75, 3.05) is 27.3 Å². The highest BCUT2D eigenvalue weighted by Gasteiger charge is 2.39. The van der Waals surface area contributed by atoms with Crippen molar-refractivity contribution < 1.29 is 33.8 Å². The van der Waals surface area contributed by atoms with Gasteiger partial charge in [0.05, 0.1) is 21.7 Å². The van der Waals surface area contributed by atoms with E-state index in [2.05, 4.69) is 0 Å². The van der Waals surface area contributed by atoms with E-state index >= 15 is 0 Å². The average molecular weight is 348 g/mol. The lowest BCUT2D eigenvalue weighted by molar-refractivity contribution is -0.0259. The molecule has 3 rings (SSSR count). The predicted molar refractivity (Wildman–Crippen MR) is 95.7 cm³/mol. The number of hydrogen-bond donors (Lipinski definition) is 1. The van der Waals surface area contributed by atoms with Crippen LogP contribution in [0.1, 0.15) is 69.7 Å². The van der Waals surface area contributed by atoms with Crippen LogP contribution in [0.25, 0.3) is 0 Å². The summed E-state index contributed by atoms with van der Waals surface area (Å²) in [6.45, 7) is -10.6. The van der Waals surface area contributed by atoms with Gasteiger partial charge in [-0.2, -0.15) is 0 Å². The molecule has 0 saturated carbocycles. The number of piperidine rings is 1. The Balaban J connectivity index is 2.39. The predicted octanol–water partition coefficient (Wildman–Crippen LogP) is 3.42. The minimum atomic E-state index is -4.02. The van der Waals surface area contributed by atoms with Crippen LogP contribution in [0.3, 0.4) is 0 Å². The van der Waals surface area contributed by atoms with Gasteiger partial charge in [-0.25, -0.2) is 0 Å². The quantitative estimate of drug-likeness (QED) is 0.910. The molecule has 3 unspecified atom stereocenters. The Morgan fingerprint density at radius 2 is 2.12 bits per heavy atom. The molecule has 4 heteroatoms. The molecule has 2 aliphatic rings. The van der Waals surface area contributed by atoms with E-state index in [1.54, 1.807) is 0 Å². The number of hydrogen-bond acceptors (Lipinski definition) is 4. The van der Waals surface area contributed by atoms with Crippen molar-refractivity contribution in [1.29, 1.82) is 0 Å². The van der Waals surface area contributed by atoms with Crippen molar-refractivity contribution in [3.8, 4) is 11.5 Å². The highest BCUT2D eigenvalue weighted by molar-refractivity contribution is 5.49. The van der Waals surface area contributed by atoms with Crippen LogP contribution < -0.4 is 9.47 Å². The molecule has 1 N–H and O–H groups in total. The molecule has 3 atom stereocenters. The first kappa shape index (κ1) is 7.16. The van der Waals surface area contributed by atoms with Crippen LogP contribution in [-0.2, 0) is 6.42 Å². The van der Waals surface area contributed by atoms with Crippen LogP contribution in [0.2, 0.25) is 0 Å². The molecule has 1 saturated heterocycles. The number of methoxy groups -OCH3 is 2. The molecule has 1 fully saturated rings. The van der Waals surface area contributed by atoms with Crippen molar-refractivity contribution in [3.63, 3.8) is 0 Å².